The molecule has 0 spiro atoms. The first-order valence-corrected chi connectivity index (χ1v) is 11.4. The lowest BCUT2D eigenvalue weighted by atomic mass is 10.0. The first kappa shape index (κ1) is 23.5. The molecule has 0 unspecified atom stereocenters. The van der Waals surface area contributed by atoms with Crippen molar-refractivity contribution in [2.75, 3.05) is 11.9 Å². The van der Waals surface area contributed by atoms with Crippen LogP contribution in [0.25, 0.3) is 33.2 Å². The van der Waals surface area contributed by atoms with Crippen LogP contribution in [0, 0.1) is 10.1 Å². The number of fused-ring (bicyclic) bond motifs is 1. The number of hydrogen-bond acceptors (Lipinski definition) is 6. The van der Waals surface area contributed by atoms with Crippen molar-refractivity contribution in [3.05, 3.63) is 124 Å². The van der Waals surface area contributed by atoms with E-state index >= 15 is 0 Å². The van der Waals surface area contributed by atoms with Crippen LogP contribution >= 0.6 is 0 Å². The molecular formula is C29H20N2O6. The first-order chi connectivity index (χ1) is 18.0. The van der Waals surface area contributed by atoms with Gasteiger partial charge in [0.2, 0.25) is 0 Å². The Balaban J connectivity index is 1.33. The van der Waals surface area contributed by atoms with Gasteiger partial charge < -0.3 is 14.5 Å². The monoisotopic (exact) mass is 492 g/mol. The van der Waals surface area contributed by atoms with E-state index in [1.165, 1.54) is 24.3 Å². The van der Waals surface area contributed by atoms with Gasteiger partial charge in [0.25, 0.3) is 11.6 Å². The number of nitrogens with zero attached hydrogens (tertiary/aromatic N) is 1. The normalized spacial score (nSPS) is 10.7. The highest BCUT2D eigenvalue weighted by Gasteiger charge is 2.13. The van der Waals surface area contributed by atoms with Crippen LogP contribution in [0.1, 0.15) is 0 Å². The fourth-order valence-electron chi connectivity index (χ4n) is 4.03. The highest BCUT2D eigenvalue weighted by atomic mass is 16.6. The SMILES string of the molecule is O=C(COc1ccc2c(-c3ccc([N+](=O)[O-])cc3)cc(=O)oc2c1)Nc1ccccc1-c1ccccc1. The molecule has 8 nitrogen and oxygen atoms in total. The molecule has 4 aromatic carbocycles. The van der Waals surface area contributed by atoms with Gasteiger partial charge in [0.15, 0.2) is 6.61 Å². The zero-order valence-corrected chi connectivity index (χ0v) is 19.4. The van der Waals surface area contributed by atoms with Gasteiger partial charge in [-0.05, 0) is 47.0 Å². The molecule has 0 fully saturated rings. The van der Waals surface area contributed by atoms with E-state index in [0.717, 1.165) is 11.1 Å². The Morgan fingerprint density at radius 3 is 2.30 bits per heavy atom. The number of amides is 1. The molecule has 37 heavy (non-hydrogen) atoms. The third kappa shape index (κ3) is 5.23. The van der Waals surface area contributed by atoms with Gasteiger partial charge in [-0.3, -0.25) is 14.9 Å². The number of nitro benzene ring substituents is 1. The number of carbonyl (C=O) groups is 1. The molecule has 5 aromatic rings. The standard InChI is InChI=1S/C29H20N2O6/c32-28(30-26-9-5-4-8-23(26)19-6-2-1-3-7-19)18-36-22-14-15-24-25(17-29(33)37-27(24)16-22)20-10-12-21(13-11-20)31(34)35/h1-17H,18H2,(H,30,32). The molecule has 1 amide bonds. The molecule has 0 aliphatic rings. The van der Waals surface area contributed by atoms with Crippen molar-refractivity contribution in [1.29, 1.82) is 0 Å². The van der Waals surface area contributed by atoms with E-state index in [-0.39, 0.29) is 23.8 Å². The molecule has 8 heteroatoms. The van der Waals surface area contributed by atoms with Crippen LogP contribution < -0.4 is 15.7 Å². The summed E-state index contributed by atoms with van der Waals surface area (Å²) in [5.74, 6) is 0.00700. The number of carbonyl (C=O) groups excluding carboxylic acids is 1. The summed E-state index contributed by atoms with van der Waals surface area (Å²) in [6.07, 6.45) is 0. The molecular weight excluding hydrogens is 472 g/mol. The topological polar surface area (TPSA) is 112 Å². The lowest BCUT2D eigenvalue weighted by molar-refractivity contribution is -0.384. The zero-order valence-electron chi connectivity index (χ0n) is 19.4. The second-order valence-corrected chi connectivity index (χ2v) is 8.19. The molecule has 0 saturated carbocycles. The maximum atomic E-state index is 12.6. The van der Waals surface area contributed by atoms with Gasteiger partial charge in [0.05, 0.1) is 4.92 Å². The lowest BCUT2D eigenvalue weighted by Gasteiger charge is -2.12. The molecule has 0 aliphatic heterocycles. The minimum atomic E-state index is -0.576. The molecule has 1 aromatic heterocycles. The van der Waals surface area contributed by atoms with Crippen LogP contribution in [-0.4, -0.2) is 17.4 Å². The largest absolute Gasteiger partial charge is 0.484 e. The number of non-ortho nitro benzene ring substituents is 1. The van der Waals surface area contributed by atoms with Crippen molar-refractivity contribution >= 4 is 28.3 Å². The third-order valence-electron chi connectivity index (χ3n) is 5.76. The van der Waals surface area contributed by atoms with Crippen LogP contribution in [0.2, 0.25) is 0 Å². The number of benzene rings is 4. The van der Waals surface area contributed by atoms with E-state index in [1.54, 1.807) is 24.3 Å². The van der Waals surface area contributed by atoms with Crippen molar-refractivity contribution in [2.45, 2.75) is 0 Å². The number of nitrogens with one attached hydrogen (secondary N) is 1. The fourth-order valence-corrected chi connectivity index (χ4v) is 4.03. The molecule has 1 N–H and O–H groups in total. The van der Waals surface area contributed by atoms with Crippen LogP contribution in [0.4, 0.5) is 11.4 Å². The summed E-state index contributed by atoms with van der Waals surface area (Å²) in [5, 5.41) is 14.5. The van der Waals surface area contributed by atoms with Crippen molar-refractivity contribution < 1.29 is 18.9 Å². The van der Waals surface area contributed by atoms with Gasteiger partial charge in [-0.1, -0.05) is 48.5 Å². The van der Waals surface area contributed by atoms with Gasteiger partial charge >= 0.3 is 5.63 Å². The maximum Gasteiger partial charge on any atom is 0.336 e. The molecule has 0 atom stereocenters. The number of rotatable bonds is 7. The minimum absolute atomic E-state index is 0.0450. The Bertz CT molecular complexity index is 1660. The summed E-state index contributed by atoms with van der Waals surface area (Å²) in [6, 6.07) is 29.4. The third-order valence-corrected chi connectivity index (χ3v) is 5.76. The van der Waals surface area contributed by atoms with E-state index in [0.29, 0.717) is 28.0 Å². The molecule has 0 bridgehead atoms. The van der Waals surface area contributed by atoms with Gasteiger partial charge in [0.1, 0.15) is 11.3 Å². The fraction of sp³-hybridized carbons (Fsp3) is 0.0345. The predicted octanol–water partition coefficient (Wildman–Crippen LogP) is 6.05. The van der Waals surface area contributed by atoms with Gasteiger partial charge in [-0.25, -0.2) is 4.79 Å². The van der Waals surface area contributed by atoms with Gasteiger partial charge in [-0.15, -0.1) is 0 Å². The van der Waals surface area contributed by atoms with E-state index in [2.05, 4.69) is 5.32 Å². The molecule has 5 rings (SSSR count). The van der Waals surface area contributed by atoms with E-state index in [4.69, 9.17) is 9.15 Å². The van der Waals surface area contributed by atoms with E-state index in [9.17, 15) is 19.7 Å². The summed E-state index contributed by atoms with van der Waals surface area (Å²) >= 11 is 0. The average molecular weight is 492 g/mol. The first-order valence-electron chi connectivity index (χ1n) is 11.4. The highest BCUT2D eigenvalue weighted by molar-refractivity contribution is 5.97. The van der Waals surface area contributed by atoms with Gasteiger partial charge in [-0.2, -0.15) is 0 Å². The van der Waals surface area contributed by atoms with Crippen LogP contribution in [-0.2, 0) is 4.79 Å². The number of hydrogen-bond donors (Lipinski definition) is 1. The molecule has 1 heterocycles. The van der Waals surface area contributed by atoms with Crippen molar-refractivity contribution in [2.24, 2.45) is 0 Å². The predicted molar refractivity (Wildman–Crippen MR) is 141 cm³/mol. The average Bonchev–Trinajstić information content (AvgIpc) is 2.92. The number of nitro groups is 1. The Kier molecular flexibility index (Phi) is 6.46. The number of anilines is 1. The molecule has 0 saturated heterocycles. The maximum absolute atomic E-state index is 12.6. The lowest BCUT2D eigenvalue weighted by Crippen LogP contribution is -2.20. The second kappa shape index (κ2) is 10.2. The number of para-hydroxylation sites is 1. The summed E-state index contributed by atoms with van der Waals surface area (Å²) < 4.78 is 11.0. The Morgan fingerprint density at radius 1 is 0.838 bits per heavy atom. The molecule has 0 aliphatic carbocycles. The smallest absolute Gasteiger partial charge is 0.336 e. The summed E-state index contributed by atoms with van der Waals surface area (Å²) in [5.41, 5.74) is 3.39. The van der Waals surface area contributed by atoms with E-state index in [1.807, 2.05) is 54.6 Å². The van der Waals surface area contributed by atoms with Crippen molar-refractivity contribution in [3.8, 4) is 28.0 Å². The van der Waals surface area contributed by atoms with Gasteiger partial charge in [0, 0.05) is 40.9 Å². The quantitative estimate of drug-likeness (QED) is 0.168. The highest BCUT2D eigenvalue weighted by Crippen LogP contribution is 2.31. The van der Waals surface area contributed by atoms with Crippen molar-refractivity contribution in [3.63, 3.8) is 0 Å². The molecule has 182 valence electrons. The summed E-state index contributed by atoms with van der Waals surface area (Å²) in [4.78, 5) is 35.3. The molecule has 0 radical (unpaired) electrons. The Hall–Kier alpha value is -5.24. The minimum Gasteiger partial charge on any atom is -0.484 e. The van der Waals surface area contributed by atoms with E-state index < -0.39 is 10.5 Å². The van der Waals surface area contributed by atoms with Crippen molar-refractivity contribution in [1.82, 2.24) is 0 Å². The van der Waals surface area contributed by atoms with Crippen LogP contribution in [0.15, 0.2) is 112 Å². The summed E-state index contributed by atoms with van der Waals surface area (Å²) in [6.45, 7) is -0.249. The number of ether oxygens (including phenoxy) is 1. The summed E-state index contributed by atoms with van der Waals surface area (Å²) in [7, 11) is 0. The van der Waals surface area contributed by atoms with Crippen LogP contribution in [0.5, 0.6) is 5.75 Å². The Labute approximate surface area is 210 Å². The Morgan fingerprint density at radius 2 is 1.54 bits per heavy atom. The zero-order chi connectivity index (χ0) is 25.8. The van der Waals surface area contributed by atoms with Crippen LogP contribution in [0.3, 0.4) is 0 Å². The second-order valence-electron chi connectivity index (χ2n) is 8.19.